The van der Waals surface area contributed by atoms with E-state index in [1.165, 1.54) is 0 Å². The van der Waals surface area contributed by atoms with Crippen molar-refractivity contribution in [3.8, 4) is 0 Å². The van der Waals surface area contributed by atoms with Gasteiger partial charge in [-0.15, -0.1) is 0 Å². The fourth-order valence-corrected chi connectivity index (χ4v) is 1.39. The predicted molar refractivity (Wildman–Crippen MR) is 69.0 cm³/mol. The van der Waals surface area contributed by atoms with Gasteiger partial charge in [-0.3, -0.25) is 0 Å². The molecule has 102 valence electrons. The maximum absolute atomic E-state index is 11.7. The summed E-state index contributed by atoms with van der Waals surface area (Å²) in [6.45, 7) is 9.41. The smallest absolute Gasteiger partial charge is 0.328 e. The largest absolute Gasteiger partial charge is 0.465 e. The number of likely N-dealkylation sites (N-methyl/N-ethyl adjacent to an activating group) is 1. The summed E-state index contributed by atoms with van der Waals surface area (Å²) < 4.78 is 10.6. The highest BCUT2D eigenvalue weighted by molar-refractivity contribution is 5.80. The molecule has 0 saturated carbocycles. The zero-order valence-corrected chi connectivity index (χ0v) is 11.8. The van der Waals surface area contributed by atoms with Gasteiger partial charge in [0.2, 0.25) is 0 Å². The van der Waals surface area contributed by atoms with Crippen molar-refractivity contribution in [2.75, 3.05) is 26.9 Å². The van der Waals surface area contributed by atoms with Crippen LogP contribution in [-0.4, -0.2) is 38.4 Å². The number of hydrogen-bond acceptors (Lipinski definition) is 4. The van der Waals surface area contributed by atoms with Crippen molar-refractivity contribution >= 4 is 5.97 Å². The van der Waals surface area contributed by atoms with Gasteiger partial charge in [0.05, 0.1) is 13.2 Å². The average Bonchev–Trinajstić information content (AvgIpc) is 2.28. The van der Waals surface area contributed by atoms with Crippen LogP contribution in [-0.2, 0) is 14.3 Å². The monoisotopic (exact) mass is 245 g/mol. The molecule has 1 unspecified atom stereocenters. The number of ether oxygens (including phenoxy) is 2. The highest BCUT2D eigenvalue weighted by Crippen LogP contribution is 2.09. The Labute approximate surface area is 105 Å². The average molecular weight is 245 g/mol. The van der Waals surface area contributed by atoms with Crippen molar-refractivity contribution in [3.05, 3.63) is 0 Å². The number of carbonyl (C=O) groups excluding carboxylic acids is 1. The number of carbonyl (C=O) groups is 1. The SMILES string of the molecule is CCOC(=O)C(C)(COCCCC(C)C)NC. The summed E-state index contributed by atoms with van der Waals surface area (Å²) in [4.78, 5) is 11.7. The molecule has 0 aliphatic rings. The van der Waals surface area contributed by atoms with Crippen molar-refractivity contribution in [2.24, 2.45) is 5.92 Å². The Kier molecular flexibility index (Phi) is 8.17. The van der Waals surface area contributed by atoms with E-state index in [-0.39, 0.29) is 5.97 Å². The van der Waals surface area contributed by atoms with Gasteiger partial charge in [0, 0.05) is 6.61 Å². The highest BCUT2D eigenvalue weighted by Gasteiger charge is 2.33. The van der Waals surface area contributed by atoms with E-state index in [0.29, 0.717) is 25.7 Å². The minimum absolute atomic E-state index is 0.258. The zero-order chi connectivity index (χ0) is 13.3. The van der Waals surface area contributed by atoms with Gasteiger partial charge >= 0.3 is 5.97 Å². The quantitative estimate of drug-likeness (QED) is 0.498. The van der Waals surface area contributed by atoms with Crippen LogP contribution < -0.4 is 5.32 Å². The molecule has 0 amide bonds. The van der Waals surface area contributed by atoms with E-state index < -0.39 is 5.54 Å². The van der Waals surface area contributed by atoms with Crippen molar-refractivity contribution in [1.82, 2.24) is 5.32 Å². The number of rotatable bonds is 9. The van der Waals surface area contributed by atoms with Gasteiger partial charge in [-0.05, 0) is 39.7 Å². The summed E-state index contributed by atoms with van der Waals surface area (Å²) in [6.07, 6.45) is 2.18. The van der Waals surface area contributed by atoms with E-state index in [1.807, 2.05) is 0 Å². The molecular formula is C13H27NO3. The molecule has 0 saturated heterocycles. The van der Waals surface area contributed by atoms with E-state index in [2.05, 4.69) is 19.2 Å². The lowest BCUT2D eigenvalue weighted by molar-refractivity contribution is -0.153. The Bertz CT molecular complexity index is 219. The van der Waals surface area contributed by atoms with E-state index in [0.717, 1.165) is 12.8 Å². The number of hydrogen-bond donors (Lipinski definition) is 1. The molecule has 0 rings (SSSR count). The van der Waals surface area contributed by atoms with Crippen LogP contribution in [0, 0.1) is 5.92 Å². The van der Waals surface area contributed by atoms with Crippen LogP contribution in [0.3, 0.4) is 0 Å². The Morgan fingerprint density at radius 3 is 2.53 bits per heavy atom. The van der Waals surface area contributed by atoms with E-state index >= 15 is 0 Å². The van der Waals surface area contributed by atoms with Crippen LogP contribution in [0.25, 0.3) is 0 Å². The van der Waals surface area contributed by atoms with Crippen molar-refractivity contribution in [3.63, 3.8) is 0 Å². The summed E-state index contributed by atoms with van der Waals surface area (Å²) in [5.74, 6) is 0.436. The first-order valence-electron chi connectivity index (χ1n) is 6.40. The zero-order valence-electron chi connectivity index (χ0n) is 11.8. The molecule has 0 aromatic rings. The lowest BCUT2D eigenvalue weighted by Crippen LogP contribution is -2.52. The van der Waals surface area contributed by atoms with Crippen LogP contribution in [0.5, 0.6) is 0 Å². The first-order chi connectivity index (χ1) is 7.96. The topological polar surface area (TPSA) is 47.6 Å². The maximum Gasteiger partial charge on any atom is 0.328 e. The molecule has 0 aromatic heterocycles. The van der Waals surface area contributed by atoms with Crippen molar-refractivity contribution < 1.29 is 14.3 Å². The Morgan fingerprint density at radius 1 is 1.41 bits per heavy atom. The molecule has 4 heteroatoms. The van der Waals surface area contributed by atoms with Crippen LogP contribution in [0.1, 0.15) is 40.5 Å². The number of nitrogens with one attached hydrogen (secondary N) is 1. The molecule has 0 radical (unpaired) electrons. The van der Waals surface area contributed by atoms with Gasteiger partial charge in [-0.2, -0.15) is 0 Å². The first kappa shape index (κ1) is 16.4. The number of esters is 1. The van der Waals surface area contributed by atoms with E-state index in [1.54, 1.807) is 20.9 Å². The van der Waals surface area contributed by atoms with Crippen LogP contribution in [0.4, 0.5) is 0 Å². The molecule has 1 N–H and O–H groups in total. The van der Waals surface area contributed by atoms with Gasteiger partial charge in [0.15, 0.2) is 0 Å². The molecule has 0 aliphatic carbocycles. The second-order valence-electron chi connectivity index (χ2n) is 4.89. The summed E-state index contributed by atoms with van der Waals surface area (Å²) >= 11 is 0. The molecule has 1 atom stereocenters. The van der Waals surface area contributed by atoms with E-state index in [9.17, 15) is 4.79 Å². The second-order valence-corrected chi connectivity index (χ2v) is 4.89. The van der Waals surface area contributed by atoms with Crippen molar-refractivity contribution in [2.45, 2.75) is 46.1 Å². The van der Waals surface area contributed by atoms with Gasteiger partial charge in [-0.1, -0.05) is 13.8 Å². The lowest BCUT2D eigenvalue weighted by Gasteiger charge is -2.26. The molecule has 0 bridgehead atoms. The summed E-state index contributed by atoms with van der Waals surface area (Å²) in [5, 5.41) is 2.96. The fourth-order valence-electron chi connectivity index (χ4n) is 1.39. The third kappa shape index (κ3) is 6.64. The molecule has 4 nitrogen and oxygen atoms in total. The van der Waals surface area contributed by atoms with Gasteiger partial charge in [0.25, 0.3) is 0 Å². The minimum atomic E-state index is -0.742. The molecule has 0 heterocycles. The maximum atomic E-state index is 11.7. The summed E-state index contributed by atoms with van der Waals surface area (Å²) in [5.41, 5.74) is -0.742. The lowest BCUT2D eigenvalue weighted by atomic mass is 10.0. The standard InChI is InChI=1S/C13H27NO3/c1-6-17-12(15)13(4,14-5)10-16-9-7-8-11(2)3/h11,14H,6-10H2,1-5H3. The van der Waals surface area contributed by atoms with E-state index in [4.69, 9.17) is 9.47 Å². The molecule has 0 spiro atoms. The Hall–Kier alpha value is -0.610. The third-order valence-corrected chi connectivity index (χ3v) is 2.74. The molecule has 17 heavy (non-hydrogen) atoms. The summed E-state index contributed by atoms with van der Waals surface area (Å²) in [6, 6.07) is 0. The normalized spacial score (nSPS) is 14.7. The highest BCUT2D eigenvalue weighted by atomic mass is 16.5. The Balaban J connectivity index is 3.91. The van der Waals surface area contributed by atoms with Crippen LogP contribution in [0.2, 0.25) is 0 Å². The van der Waals surface area contributed by atoms with Crippen LogP contribution >= 0.6 is 0 Å². The first-order valence-corrected chi connectivity index (χ1v) is 6.40. The molecule has 0 aromatic carbocycles. The van der Waals surface area contributed by atoms with Gasteiger partial charge in [0.1, 0.15) is 5.54 Å². The van der Waals surface area contributed by atoms with Gasteiger partial charge in [-0.25, -0.2) is 4.79 Å². The fraction of sp³-hybridized carbons (Fsp3) is 0.923. The van der Waals surface area contributed by atoms with Crippen molar-refractivity contribution in [1.29, 1.82) is 0 Å². The molecule has 0 fully saturated rings. The second kappa shape index (κ2) is 8.48. The molecule has 0 aliphatic heterocycles. The van der Waals surface area contributed by atoms with Crippen LogP contribution in [0.15, 0.2) is 0 Å². The third-order valence-electron chi connectivity index (χ3n) is 2.74. The Morgan fingerprint density at radius 2 is 2.06 bits per heavy atom. The molecular weight excluding hydrogens is 218 g/mol. The predicted octanol–water partition coefficient (Wildman–Crippen LogP) is 1.98. The minimum Gasteiger partial charge on any atom is -0.465 e. The van der Waals surface area contributed by atoms with Gasteiger partial charge < -0.3 is 14.8 Å². The summed E-state index contributed by atoms with van der Waals surface area (Å²) in [7, 11) is 1.74.